The van der Waals surface area contributed by atoms with E-state index in [9.17, 15) is 19.2 Å². The number of anilines is 1. The molecule has 0 spiro atoms. The van der Waals surface area contributed by atoms with Crippen LogP contribution in [0.15, 0.2) is 11.6 Å². The van der Waals surface area contributed by atoms with Crippen LogP contribution in [0.5, 0.6) is 0 Å². The second-order valence-electron chi connectivity index (χ2n) is 5.44. The van der Waals surface area contributed by atoms with Crippen LogP contribution in [0.2, 0.25) is 0 Å². The van der Waals surface area contributed by atoms with Gasteiger partial charge in [-0.1, -0.05) is 5.57 Å². The number of carbonyl (C=O) groups excluding carboxylic acids is 4. The second kappa shape index (κ2) is 9.71. The minimum absolute atomic E-state index is 0.111. The standard InChI is InChI=1S/C17H22N2O6S/c1-6-24-17(23)13-10(4)14(15(22)18-5)26-16(13)19-11(20)8-25-12(21)7-9(2)3/h7H,6,8H2,1-5H3,(H,18,22)(H,19,20). The summed E-state index contributed by atoms with van der Waals surface area (Å²) in [4.78, 5) is 47.9. The van der Waals surface area contributed by atoms with Crippen LogP contribution >= 0.6 is 11.3 Å². The fraction of sp³-hybridized carbons (Fsp3) is 0.412. The first-order chi connectivity index (χ1) is 12.2. The molecule has 0 aliphatic heterocycles. The van der Waals surface area contributed by atoms with Crippen molar-refractivity contribution in [3.8, 4) is 0 Å². The Morgan fingerprint density at radius 2 is 1.81 bits per heavy atom. The largest absolute Gasteiger partial charge is 0.462 e. The van der Waals surface area contributed by atoms with E-state index in [0.717, 1.165) is 16.9 Å². The first-order valence-electron chi connectivity index (χ1n) is 7.85. The highest BCUT2D eigenvalue weighted by atomic mass is 32.1. The van der Waals surface area contributed by atoms with Crippen LogP contribution in [-0.4, -0.2) is 44.0 Å². The lowest BCUT2D eigenvalue weighted by atomic mass is 10.1. The molecule has 142 valence electrons. The zero-order valence-electron chi connectivity index (χ0n) is 15.3. The molecule has 0 atom stereocenters. The van der Waals surface area contributed by atoms with Crippen molar-refractivity contribution in [2.45, 2.75) is 27.7 Å². The highest BCUT2D eigenvalue weighted by Gasteiger charge is 2.26. The van der Waals surface area contributed by atoms with Crippen molar-refractivity contribution in [2.24, 2.45) is 0 Å². The predicted octanol–water partition coefficient (Wildman–Crippen LogP) is 2.04. The fourth-order valence-corrected chi connectivity index (χ4v) is 3.11. The van der Waals surface area contributed by atoms with Crippen LogP contribution in [-0.2, 0) is 19.1 Å². The maximum atomic E-state index is 12.2. The third-order valence-electron chi connectivity index (χ3n) is 3.06. The van der Waals surface area contributed by atoms with Crippen LogP contribution in [0.3, 0.4) is 0 Å². The van der Waals surface area contributed by atoms with E-state index in [4.69, 9.17) is 9.47 Å². The van der Waals surface area contributed by atoms with E-state index < -0.39 is 24.5 Å². The number of hydrogen-bond acceptors (Lipinski definition) is 7. The van der Waals surface area contributed by atoms with E-state index >= 15 is 0 Å². The van der Waals surface area contributed by atoms with Gasteiger partial charge < -0.3 is 20.1 Å². The maximum Gasteiger partial charge on any atom is 0.341 e. The number of esters is 2. The summed E-state index contributed by atoms with van der Waals surface area (Å²) in [5.41, 5.74) is 1.26. The maximum absolute atomic E-state index is 12.2. The summed E-state index contributed by atoms with van der Waals surface area (Å²) in [5, 5.41) is 5.14. The number of allylic oxidation sites excluding steroid dienone is 1. The lowest BCUT2D eigenvalue weighted by Crippen LogP contribution is -2.21. The van der Waals surface area contributed by atoms with Crippen LogP contribution in [0.1, 0.15) is 46.4 Å². The lowest BCUT2D eigenvalue weighted by Gasteiger charge is -2.07. The molecule has 0 bridgehead atoms. The van der Waals surface area contributed by atoms with Gasteiger partial charge in [0.1, 0.15) is 5.00 Å². The van der Waals surface area contributed by atoms with Gasteiger partial charge >= 0.3 is 11.9 Å². The molecule has 0 saturated carbocycles. The number of thiophene rings is 1. The molecule has 9 heteroatoms. The summed E-state index contributed by atoms with van der Waals surface area (Å²) in [6.07, 6.45) is 1.26. The Hall–Kier alpha value is -2.68. The monoisotopic (exact) mass is 382 g/mol. The van der Waals surface area contributed by atoms with Crippen LogP contribution in [0.25, 0.3) is 0 Å². The summed E-state index contributed by atoms with van der Waals surface area (Å²) >= 11 is 0.949. The average molecular weight is 382 g/mol. The molecule has 0 aromatic carbocycles. The first-order valence-corrected chi connectivity index (χ1v) is 8.66. The van der Waals surface area contributed by atoms with Crippen molar-refractivity contribution < 1.29 is 28.7 Å². The summed E-state index contributed by atoms with van der Waals surface area (Å²) in [6.45, 7) is 6.33. The van der Waals surface area contributed by atoms with Gasteiger partial charge in [0.15, 0.2) is 6.61 Å². The van der Waals surface area contributed by atoms with E-state index in [-0.39, 0.29) is 28.0 Å². The van der Waals surface area contributed by atoms with Gasteiger partial charge in [0, 0.05) is 13.1 Å². The van der Waals surface area contributed by atoms with Gasteiger partial charge in [0.25, 0.3) is 11.8 Å². The third-order valence-corrected chi connectivity index (χ3v) is 4.27. The molecular formula is C17H22N2O6S. The van der Waals surface area contributed by atoms with Gasteiger partial charge in [-0.25, -0.2) is 9.59 Å². The Morgan fingerprint density at radius 3 is 2.35 bits per heavy atom. The zero-order valence-corrected chi connectivity index (χ0v) is 16.2. The second-order valence-corrected chi connectivity index (χ2v) is 6.46. The van der Waals surface area contributed by atoms with Crippen LogP contribution in [0.4, 0.5) is 5.00 Å². The molecule has 1 rings (SSSR count). The van der Waals surface area contributed by atoms with Crippen molar-refractivity contribution >= 4 is 40.1 Å². The molecule has 26 heavy (non-hydrogen) atoms. The molecule has 0 saturated heterocycles. The van der Waals surface area contributed by atoms with Gasteiger partial charge in [-0.05, 0) is 33.3 Å². The quantitative estimate of drug-likeness (QED) is 0.551. The molecule has 1 heterocycles. The average Bonchev–Trinajstić information content (AvgIpc) is 2.88. The summed E-state index contributed by atoms with van der Waals surface area (Å²) in [7, 11) is 1.46. The Balaban J connectivity index is 3.01. The smallest absolute Gasteiger partial charge is 0.341 e. The molecule has 0 aliphatic rings. The molecular weight excluding hydrogens is 360 g/mol. The topological polar surface area (TPSA) is 111 Å². The van der Waals surface area contributed by atoms with E-state index in [2.05, 4.69) is 10.6 Å². The predicted molar refractivity (Wildman–Crippen MR) is 97.4 cm³/mol. The number of nitrogens with one attached hydrogen (secondary N) is 2. The van der Waals surface area contributed by atoms with Gasteiger partial charge in [-0.2, -0.15) is 0 Å². The highest BCUT2D eigenvalue weighted by Crippen LogP contribution is 2.33. The summed E-state index contributed by atoms with van der Waals surface area (Å²) in [5.74, 6) is -2.29. The van der Waals surface area contributed by atoms with Gasteiger partial charge in [0.05, 0.1) is 17.0 Å². The van der Waals surface area contributed by atoms with Crippen molar-refractivity contribution in [3.05, 3.63) is 27.7 Å². The SMILES string of the molecule is CCOC(=O)c1c(NC(=O)COC(=O)C=C(C)C)sc(C(=O)NC)c1C. The summed E-state index contributed by atoms with van der Waals surface area (Å²) < 4.78 is 9.81. The number of hydrogen-bond donors (Lipinski definition) is 2. The van der Waals surface area contributed by atoms with Crippen molar-refractivity contribution in [2.75, 3.05) is 25.6 Å². The zero-order chi connectivity index (χ0) is 19.9. The number of ether oxygens (including phenoxy) is 2. The van der Waals surface area contributed by atoms with Crippen molar-refractivity contribution in [1.82, 2.24) is 5.32 Å². The Labute approximate surface area is 155 Å². The van der Waals surface area contributed by atoms with Crippen molar-refractivity contribution in [3.63, 3.8) is 0 Å². The Kier molecular flexibility index (Phi) is 7.98. The number of carbonyl (C=O) groups is 4. The van der Waals surface area contributed by atoms with Crippen LogP contribution < -0.4 is 10.6 Å². The Bertz CT molecular complexity index is 747. The van der Waals surface area contributed by atoms with Crippen molar-refractivity contribution in [1.29, 1.82) is 0 Å². The molecule has 8 nitrogen and oxygen atoms in total. The van der Waals surface area contributed by atoms with Gasteiger partial charge in [0.2, 0.25) is 0 Å². The molecule has 0 fully saturated rings. The highest BCUT2D eigenvalue weighted by molar-refractivity contribution is 7.18. The molecule has 0 unspecified atom stereocenters. The third kappa shape index (κ3) is 5.69. The molecule has 2 amide bonds. The molecule has 2 N–H and O–H groups in total. The fourth-order valence-electron chi connectivity index (χ4n) is 1.96. The van der Waals surface area contributed by atoms with E-state index in [1.54, 1.807) is 27.7 Å². The molecule has 1 aromatic rings. The van der Waals surface area contributed by atoms with Gasteiger partial charge in [-0.3, -0.25) is 9.59 Å². The minimum Gasteiger partial charge on any atom is -0.462 e. The number of amides is 2. The van der Waals surface area contributed by atoms with Crippen LogP contribution in [0, 0.1) is 6.92 Å². The molecule has 0 radical (unpaired) electrons. The van der Waals surface area contributed by atoms with E-state index in [0.29, 0.717) is 5.56 Å². The lowest BCUT2D eigenvalue weighted by molar-refractivity contribution is -0.142. The van der Waals surface area contributed by atoms with E-state index in [1.807, 2.05) is 0 Å². The normalized spacial score (nSPS) is 9.88. The molecule has 1 aromatic heterocycles. The Morgan fingerprint density at radius 1 is 1.15 bits per heavy atom. The summed E-state index contributed by atoms with van der Waals surface area (Å²) in [6, 6.07) is 0. The van der Waals surface area contributed by atoms with E-state index in [1.165, 1.54) is 13.1 Å². The molecule has 0 aliphatic carbocycles. The number of rotatable bonds is 7. The minimum atomic E-state index is -0.645. The first kappa shape index (κ1) is 21.4. The van der Waals surface area contributed by atoms with Gasteiger partial charge in [-0.15, -0.1) is 11.3 Å².